The lowest BCUT2D eigenvalue weighted by molar-refractivity contribution is -0.113. The van der Waals surface area contributed by atoms with Crippen LogP contribution in [0.25, 0.3) is 6.08 Å². The summed E-state index contributed by atoms with van der Waals surface area (Å²) in [5.74, 6) is -1.12. The van der Waals surface area contributed by atoms with Gasteiger partial charge in [0.2, 0.25) is 0 Å². The number of aromatic hydroxyl groups is 1. The van der Waals surface area contributed by atoms with Gasteiger partial charge < -0.3 is 14.9 Å². The Balaban J connectivity index is 1.94. The zero-order valence-corrected chi connectivity index (χ0v) is 15.1. The van der Waals surface area contributed by atoms with Crippen molar-refractivity contribution >= 4 is 51.9 Å². The second-order valence-corrected chi connectivity index (χ2v) is 6.98. The molecule has 1 fully saturated rings. The molecule has 1 aliphatic heterocycles. The standard InChI is InChI=1S/C18H13NO5S2/c1-24-14-7-10(5-6-13(14)20)8-15-16(21)19(18(25)26-15)12-4-2-3-11(9-12)17(22)23/h2-9,20H,1H3,(H,22,23)/b15-8+. The van der Waals surface area contributed by atoms with Crippen molar-refractivity contribution in [2.24, 2.45) is 0 Å². The molecule has 1 heterocycles. The minimum absolute atomic E-state index is 0.00249. The summed E-state index contributed by atoms with van der Waals surface area (Å²) in [6, 6.07) is 10.8. The van der Waals surface area contributed by atoms with Crippen LogP contribution in [0.4, 0.5) is 5.69 Å². The van der Waals surface area contributed by atoms with Gasteiger partial charge in [-0.2, -0.15) is 0 Å². The van der Waals surface area contributed by atoms with Crippen molar-refractivity contribution in [3.05, 3.63) is 58.5 Å². The van der Waals surface area contributed by atoms with E-state index in [1.807, 2.05) is 0 Å². The number of hydrogen-bond donors (Lipinski definition) is 2. The quantitative estimate of drug-likeness (QED) is 0.613. The fourth-order valence-electron chi connectivity index (χ4n) is 2.40. The molecular formula is C18H13NO5S2. The number of anilines is 1. The van der Waals surface area contributed by atoms with E-state index in [9.17, 15) is 14.7 Å². The first-order chi connectivity index (χ1) is 12.4. The van der Waals surface area contributed by atoms with Crippen molar-refractivity contribution in [1.82, 2.24) is 0 Å². The van der Waals surface area contributed by atoms with Crippen LogP contribution in [-0.4, -0.2) is 33.5 Å². The maximum Gasteiger partial charge on any atom is 0.335 e. The lowest BCUT2D eigenvalue weighted by Crippen LogP contribution is -2.27. The highest BCUT2D eigenvalue weighted by Crippen LogP contribution is 2.37. The highest BCUT2D eigenvalue weighted by atomic mass is 32.2. The summed E-state index contributed by atoms with van der Waals surface area (Å²) in [5, 5.41) is 18.8. The number of carboxylic acid groups (broad SMARTS) is 1. The summed E-state index contributed by atoms with van der Waals surface area (Å²) in [7, 11) is 1.44. The fraction of sp³-hybridized carbons (Fsp3) is 0.0556. The highest BCUT2D eigenvalue weighted by Gasteiger charge is 2.33. The van der Waals surface area contributed by atoms with Crippen LogP contribution >= 0.6 is 24.0 Å². The number of carboxylic acids is 1. The second kappa shape index (κ2) is 7.19. The zero-order valence-electron chi connectivity index (χ0n) is 13.5. The number of amides is 1. The molecule has 2 N–H and O–H groups in total. The van der Waals surface area contributed by atoms with E-state index >= 15 is 0 Å². The van der Waals surface area contributed by atoms with Crippen LogP contribution < -0.4 is 9.64 Å². The molecular weight excluding hydrogens is 374 g/mol. The van der Waals surface area contributed by atoms with Crippen LogP contribution in [0.5, 0.6) is 11.5 Å². The maximum atomic E-state index is 12.7. The smallest absolute Gasteiger partial charge is 0.335 e. The van der Waals surface area contributed by atoms with Crippen LogP contribution in [0.2, 0.25) is 0 Å². The number of hydrogen-bond acceptors (Lipinski definition) is 6. The molecule has 2 aromatic carbocycles. The van der Waals surface area contributed by atoms with Gasteiger partial charge in [-0.3, -0.25) is 9.69 Å². The van der Waals surface area contributed by atoms with Gasteiger partial charge in [-0.25, -0.2) is 4.79 Å². The lowest BCUT2D eigenvalue weighted by Gasteiger charge is -2.14. The molecule has 0 bridgehead atoms. The number of rotatable bonds is 4. The summed E-state index contributed by atoms with van der Waals surface area (Å²) in [4.78, 5) is 25.6. The molecule has 0 unspecified atom stereocenters. The Kier molecular flexibility index (Phi) is 4.97. The molecule has 1 amide bonds. The Morgan fingerprint density at radius 3 is 2.73 bits per heavy atom. The van der Waals surface area contributed by atoms with E-state index in [1.54, 1.807) is 30.3 Å². The van der Waals surface area contributed by atoms with E-state index in [-0.39, 0.29) is 17.2 Å². The SMILES string of the molecule is COc1cc(/C=C2/SC(=S)N(c3cccc(C(=O)O)c3)C2=O)ccc1O. The van der Waals surface area contributed by atoms with Crippen LogP contribution in [0.3, 0.4) is 0 Å². The third-order valence-electron chi connectivity index (χ3n) is 3.65. The Bertz CT molecular complexity index is 954. The topological polar surface area (TPSA) is 87.1 Å². The number of thioether (sulfide) groups is 1. The number of phenolic OH excluding ortho intramolecular Hbond substituents is 1. The number of nitrogens with zero attached hydrogens (tertiary/aromatic N) is 1. The Morgan fingerprint density at radius 2 is 2.04 bits per heavy atom. The van der Waals surface area contributed by atoms with E-state index < -0.39 is 5.97 Å². The maximum absolute atomic E-state index is 12.7. The normalized spacial score (nSPS) is 15.6. The van der Waals surface area contributed by atoms with Gasteiger partial charge >= 0.3 is 5.97 Å². The first-order valence-electron chi connectivity index (χ1n) is 7.39. The number of carbonyl (C=O) groups excluding carboxylic acids is 1. The first kappa shape index (κ1) is 18.0. The van der Waals surface area contributed by atoms with E-state index in [2.05, 4.69) is 0 Å². The Hall–Kier alpha value is -2.84. The summed E-state index contributed by atoms with van der Waals surface area (Å²) in [6.45, 7) is 0. The number of benzene rings is 2. The van der Waals surface area contributed by atoms with Crippen molar-refractivity contribution in [2.75, 3.05) is 12.0 Å². The zero-order chi connectivity index (χ0) is 18.8. The van der Waals surface area contributed by atoms with Crippen LogP contribution in [0, 0.1) is 0 Å². The molecule has 0 spiro atoms. The Labute approximate surface area is 158 Å². The summed E-state index contributed by atoms with van der Waals surface area (Å²) in [5.41, 5.74) is 1.14. The van der Waals surface area contributed by atoms with Crippen molar-refractivity contribution in [2.45, 2.75) is 0 Å². The average molecular weight is 387 g/mol. The van der Waals surface area contributed by atoms with Gasteiger partial charge in [-0.1, -0.05) is 36.1 Å². The third-order valence-corrected chi connectivity index (χ3v) is 4.95. The summed E-state index contributed by atoms with van der Waals surface area (Å²) in [6.07, 6.45) is 1.64. The van der Waals surface area contributed by atoms with Crippen molar-refractivity contribution in [1.29, 1.82) is 0 Å². The molecule has 3 rings (SSSR count). The van der Waals surface area contributed by atoms with Gasteiger partial charge in [-0.05, 0) is 42.0 Å². The molecule has 0 atom stereocenters. The molecule has 1 saturated heterocycles. The Morgan fingerprint density at radius 1 is 1.27 bits per heavy atom. The van der Waals surface area contributed by atoms with Crippen LogP contribution in [0.15, 0.2) is 47.4 Å². The fourth-order valence-corrected chi connectivity index (χ4v) is 3.70. The molecule has 6 nitrogen and oxygen atoms in total. The number of carbonyl (C=O) groups is 2. The lowest BCUT2D eigenvalue weighted by atomic mass is 10.1. The van der Waals surface area contributed by atoms with Gasteiger partial charge in [0.05, 0.1) is 23.3 Å². The summed E-state index contributed by atoms with van der Waals surface area (Å²) < 4.78 is 5.38. The number of phenols is 1. The average Bonchev–Trinajstić information content (AvgIpc) is 2.90. The minimum Gasteiger partial charge on any atom is -0.504 e. The third kappa shape index (κ3) is 3.42. The minimum atomic E-state index is -1.08. The predicted molar refractivity (Wildman–Crippen MR) is 104 cm³/mol. The van der Waals surface area contributed by atoms with Gasteiger partial charge in [0, 0.05) is 0 Å². The van der Waals surface area contributed by atoms with E-state index in [1.165, 1.54) is 30.2 Å². The van der Waals surface area contributed by atoms with Gasteiger partial charge in [0.1, 0.15) is 0 Å². The number of aromatic carboxylic acids is 1. The van der Waals surface area contributed by atoms with E-state index in [4.69, 9.17) is 22.1 Å². The molecule has 0 radical (unpaired) electrons. The molecule has 0 saturated carbocycles. The van der Waals surface area contributed by atoms with E-state index in [0.717, 1.165) is 11.8 Å². The number of methoxy groups -OCH3 is 1. The molecule has 26 heavy (non-hydrogen) atoms. The molecule has 1 aliphatic rings. The van der Waals surface area contributed by atoms with Crippen molar-refractivity contribution in [3.8, 4) is 11.5 Å². The first-order valence-corrected chi connectivity index (χ1v) is 8.61. The van der Waals surface area contributed by atoms with Crippen LogP contribution in [0.1, 0.15) is 15.9 Å². The molecule has 0 aromatic heterocycles. The summed E-state index contributed by atoms with van der Waals surface area (Å²) >= 11 is 6.41. The van der Waals surface area contributed by atoms with Crippen LogP contribution in [-0.2, 0) is 4.79 Å². The predicted octanol–water partition coefficient (Wildman–Crippen LogP) is 3.50. The van der Waals surface area contributed by atoms with Gasteiger partial charge in [0.25, 0.3) is 5.91 Å². The molecule has 132 valence electrons. The number of thiocarbonyl (C=S) groups is 1. The largest absolute Gasteiger partial charge is 0.504 e. The second-order valence-electron chi connectivity index (χ2n) is 5.30. The van der Waals surface area contributed by atoms with Gasteiger partial charge in [-0.15, -0.1) is 0 Å². The van der Waals surface area contributed by atoms with Gasteiger partial charge in [0.15, 0.2) is 15.8 Å². The molecule has 2 aromatic rings. The number of ether oxygens (including phenoxy) is 1. The monoisotopic (exact) mass is 387 g/mol. The van der Waals surface area contributed by atoms with Crippen molar-refractivity contribution < 1.29 is 24.5 Å². The highest BCUT2D eigenvalue weighted by molar-refractivity contribution is 8.27. The van der Waals surface area contributed by atoms with E-state index in [0.29, 0.717) is 26.2 Å². The molecule has 0 aliphatic carbocycles. The van der Waals surface area contributed by atoms with Crippen molar-refractivity contribution in [3.63, 3.8) is 0 Å². The molecule has 8 heteroatoms.